The highest BCUT2D eigenvalue weighted by Crippen LogP contribution is 2.36. The summed E-state index contributed by atoms with van der Waals surface area (Å²) in [6.07, 6.45) is 0.725. The lowest BCUT2D eigenvalue weighted by atomic mass is 10.1. The molecule has 0 saturated carbocycles. The summed E-state index contributed by atoms with van der Waals surface area (Å²) in [5.74, 6) is -0.246. The number of carbonyl (C=O) groups is 2. The van der Waals surface area contributed by atoms with Gasteiger partial charge in [0.1, 0.15) is 24.1 Å². The smallest absolute Gasteiger partial charge is 0.264 e. The van der Waals surface area contributed by atoms with Crippen LogP contribution in [0.4, 0.5) is 5.69 Å². The average molecular weight is 582 g/mol. The third-order valence-corrected chi connectivity index (χ3v) is 8.64. The molecule has 0 aliphatic heterocycles. The number of rotatable bonds is 13. The fourth-order valence-corrected chi connectivity index (χ4v) is 5.72. The topological polar surface area (TPSA) is 105 Å². The zero-order chi connectivity index (χ0) is 30.2. The summed E-state index contributed by atoms with van der Waals surface area (Å²) in [6.45, 7) is 6.98. The second-order valence-electron chi connectivity index (χ2n) is 9.87. The zero-order valence-electron chi connectivity index (χ0n) is 24.5. The third kappa shape index (κ3) is 7.79. The van der Waals surface area contributed by atoms with E-state index in [1.807, 2.05) is 45.0 Å². The van der Waals surface area contributed by atoms with E-state index in [9.17, 15) is 18.0 Å². The minimum absolute atomic E-state index is 0.00506. The Bertz CT molecular complexity index is 1450. The summed E-state index contributed by atoms with van der Waals surface area (Å²) >= 11 is 0. The van der Waals surface area contributed by atoms with Gasteiger partial charge in [0.15, 0.2) is 0 Å². The van der Waals surface area contributed by atoms with Crippen molar-refractivity contribution in [3.8, 4) is 11.5 Å². The van der Waals surface area contributed by atoms with Crippen LogP contribution in [0.25, 0.3) is 0 Å². The summed E-state index contributed by atoms with van der Waals surface area (Å²) in [4.78, 5) is 28.7. The standard InChI is InChI=1S/C31H39N3O6S/c1-7-23(3)32-31(36)24(4)33(20-25-13-11-12-22(2)18-25)30(35)21-34(41(37,38)27-14-9-8-10-15-27)28-19-26(39-5)16-17-29(28)40-6/h8-19,23-24H,7,20-21H2,1-6H3,(H,32,36). The summed E-state index contributed by atoms with van der Waals surface area (Å²) in [6, 6.07) is 19.3. The number of aryl methyl sites for hydroxylation is 1. The molecule has 0 aliphatic rings. The van der Waals surface area contributed by atoms with Crippen LogP contribution in [0.1, 0.15) is 38.3 Å². The minimum Gasteiger partial charge on any atom is -0.497 e. The molecule has 0 fully saturated rings. The molecule has 220 valence electrons. The molecule has 3 rings (SSSR count). The number of hydrogen-bond donors (Lipinski definition) is 1. The van der Waals surface area contributed by atoms with Gasteiger partial charge in [-0.05, 0) is 57.0 Å². The normalized spacial score (nSPS) is 12.6. The molecule has 0 radical (unpaired) electrons. The zero-order valence-corrected chi connectivity index (χ0v) is 25.3. The van der Waals surface area contributed by atoms with Gasteiger partial charge in [0.05, 0.1) is 24.8 Å². The molecule has 0 aliphatic carbocycles. The molecule has 0 aromatic heterocycles. The lowest BCUT2D eigenvalue weighted by molar-refractivity contribution is -0.139. The lowest BCUT2D eigenvalue weighted by Gasteiger charge is -2.33. The number of hydrogen-bond acceptors (Lipinski definition) is 6. The molecular weight excluding hydrogens is 542 g/mol. The Morgan fingerprint density at radius 1 is 0.927 bits per heavy atom. The Morgan fingerprint density at radius 3 is 2.24 bits per heavy atom. The number of benzene rings is 3. The highest BCUT2D eigenvalue weighted by atomic mass is 32.2. The molecule has 0 heterocycles. The molecular formula is C31H39N3O6S. The second kappa shape index (κ2) is 14.0. The van der Waals surface area contributed by atoms with Gasteiger partial charge in [-0.15, -0.1) is 0 Å². The van der Waals surface area contributed by atoms with Crippen molar-refractivity contribution >= 4 is 27.5 Å². The van der Waals surface area contributed by atoms with Gasteiger partial charge in [-0.2, -0.15) is 0 Å². The first-order valence-corrected chi connectivity index (χ1v) is 14.9. The Morgan fingerprint density at radius 2 is 1.63 bits per heavy atom. The number of amides is 2. The SMILES string of the molecule is CCC(C)NC(=O)C(C)N(Cc1cccc(C)c1)C(=O)CN(c1cc(OC)ccc1OC)S(=O)(=O)c1ccccc1. The number of methoxy groups -OCH3 is 2. The van der Waals surface area contributed by atoms with Crippen molar-refractivity contribution in [2.24, 2.45) is 0 Å². The van der Waals surface area contributed by atoms with E-state index in [-0.39, 0.29) is 34.8 Å². The van der Waals surface area contributed by atoms with Crippen molar-refractivity contribution in [2.45, 2.75) is 57.6 Å². The van der Waals surface area contributed by atoms with Crippen molar-refractivity contribution < 1.29 is 27.5 Å². The van der Waals surface area contributed by atoms with E-state index in [1.165, 1.54) is 37.3 Å². The molecule has 10 heteroatoms. The third-order valence-electron chi connectivity index (χ3n) is 6.87. The quantitative estimate of drug-likeness (QED) is 0.318. The Labute approximate surface area is 243 Å². The van der Waals surface area contributed by atoms with Crippen LogP contribution in [0, 0.1) is 6.92 Å². The maximum atomic E-state index is 14.1. The molecule has 0 bridgehead atoms. The molecule has 0 saturated heterocycles. The predicted octanol–water partition coefficient (Wildman–Crippen LogP) is 4.54. The van der Waals surface area contributed by atoms with Crippen LogP contribution in [-0.4, -0.2) is 58.0 Å². The second-order valence-corrected chi connectivity index (χ2v) is 11.7. The average Bonchev–Trinajstić information content (AvgIpc) is 2.98. The number of sulfonamides is 1. The van der Waals surface area contributed by atoms with Crippen molar-refractivity contribution in [2.75, 3.05) is 25.1 Å². The van der Waals surface area contributed by atoms with E-state index in [1.54, 1.807) is 37.3 Å². The van der Waals surface area contributed by atoms with Gasteiger partial charge in [0.2, 0.25) is 11.8 Å². The fraction of sp³-hybridized carbons (Fsp3) is 0.355. The van der Waals surface area contributed by atoms with E-state index >= 15 is 0 Å². The first-order chi connectivity index (χ1) is 19.5. The van der Waals surface area contributed by atoms with E-state index in [0.717, 1.165) is 21.9 Å². The fourth-order valence-electron chi connectivity index (χ4n) is 4.28. The summed E-state index contributed by atoms with van der Waals surface area (Å²) in [7, 11) is -1.35. The number of anilines is 1. The summed E-state index contributed by atoms with van der Waals surface area (Å²) < 4.78 is 39.9. The first-order valence-electron chi connectivity index (χ1n) is 13.5. The van der Waals surface area contributed by atoms with Crippen LogP contribution in [0.5, 0.6) is 11.5 Å². The highest BCUT2D eigenvalue weighted by molar-refractivity contribution is 7.92. The van der Waals surface area contributed by atoms with E-state index in [4.69, 9.17) is 9.47 Å². The maximum Gasteiger partial charge on any atom is 0.264 e. The van der Waals surface area contributed by atoms with E-state index < -0.39 is 28.5 Å². The number of nitrogens with zero attached hydrogens (tertiary/aromatic N) is 2. The molecule has 41 heavy (non-hydrogen) atoms. The maximum absolute atomic E-state index is 14.1. The molecule has 2 amide bonds. The first kappa shape index (κ1) is 31.5. The number of nitrogens with one attached hydrogen (secondary N) is 1. The molecule has 2 unspecified atom stereocenters. The lowest BCUT2D eigenvalue weighted by Crippen LogP contribution is -2.52. The van der Waals surface area contributed by atoms with Crippen molar-refractivity contribution in [1.82, 2.24) is 10.2 Å². The minimum atomic E-state index is -4.24. The van der Waals surface area contributed by atoms with Gasteiger partial charge in [-0.1, -0.05) is 55.0 Å². The number of carbonyl (C=O) groups excluding carboxylic acids is 2. The molecule has 2 atom stereocenters. The summed E-state index contributed by atoms with van der Waals surface area (Å²) in [5.41, 5.74) is 1.95. The number of ether oxygens (including phenoxy) is 2. The van der Waals surface area contributed by atoms with Crippen LogP contribution in [0.3, 0.4) is 0 Å². The van der Waals surface area contributed by atoms with Gasteiger partial charge in [-0.25, -0.2) is 8.42 Å². The van der Waals surface area contributed by atoms with Crippen LogP contribution in [0.2, 0.25) is 0 Å². The largest absolute Gasteiger partial charge is 0.497 e. The van der Waals surface area contributed by atoms with Crippen molar-refractivity contribution in [1.29, 1.82) is 0 Å². The molecule has 0 spiro atoms. The molecule has 9 nitrogen and oxygen atoms in total. The molecule has 3 aromatic rings. The Balaban J connectivity index is 2.10. The van der Waals surface area contributed by atoms with Gasteiger partial charge >= 0.3 is 0 Å². The highest BCUT2D eigenvalue weighted by Gasteiger charge is 2.34. The monoisotopic (exact) mass is 581 g/mol. The summed E-state index contributed by atoms with van der Waals surface area (Å²) in [5, 5.41) is 2.94. The predicted molar refractivity (Wildman–Crippen MR) is 160 cm³/mol. The van der Waals surface area contributed by atoms with Crippen LogP contribution in [-0.2, 0) is 26.2 Å². The van der Waals surface area contributed by atoms with Crippen LogP contribution >= 0.6 is 0 Å². The Hall–Kier alpha value is -4.05. The Kier molecular flexibility index (Phi) is 10.8. The molecule has 1 N–H and O–H groups in total. The van der Waals surface area contributed by atoms with Gasteiger partial charge in [-0.3, -0.25) is 13.9 Å². The van der Waals surface area contributed by atoms with Gasteiger partial charge < -0.3 is 19.7 Å². The van der Waals surface area contributed by atoms with Crippen LogP contribution < -0.4 is 19.1 Å². The van der Waals surface area contributed by atoms with Crippen LogP contribution in [0.15, 0.2) is 77.7 Å². The van der Waals surface area contributed by atoms with Gasteiger partial charge in [0.25, 0.3) is 10.0 Å². The van der Waals surface area contributed by atoms with E-state index in [0.29, 0.717) is 5.75 Å². The van der Waals surface area contributed by atoms with Crippen molar-refractivity contribution in [3.63, 3.8) is 0 Å². The van der Waals surface area contributed by atoms with Crippen molar-refractivity contribution in [3.05, 3.63) is 83.9 Å². The molecule has 3 aromatic carbocycles. The van der Waals surface area contributed by atoms with E-state index in [2.05, 4.69) is 5.32 Å². The van der Waals surface area contributed by atoms with Gasteiger partial charge in [0, 0.05) is 18.7 Å².